The maximum atomic E-state index is 12.0. The van der Waals surface area contributed by atoms with Gasteiger partial charge in [-0.1, -0.05) is 12.1 Å². The van der Waals surface area contributed by atoms with Crippen molar-refractivity contribution in [2.24, 2.45) is 0 Å². The van der Waals surface area contributed by atoms with Gasteiger partial charge >= 0.3 is 5.97 Å². The van der Waals surface area contributed by atoms with Crippen molar-refractivity contribution in [3.05, 3.63) is 51.7 Å². The number of anilines is 1. The van der Waals surface area contributed by atoms with Gasteiger partial charge in [0.1, 0.15) is 0 Å². The molecule has 18 heavy (non-hydrogen) atoms. The molecule has 4 nitrogen and oxygen atoms in total. The molecular weight excluding hydrogens is 250 g/mol. The van der Waals surface area contributed by atoms with E-state index in [9.17, 15) is 9.59 Å². The number of hydrogen-bond acceptors (Lipinski definition) is 3. The number of aromatic carboxylic acids is 1. The molecule has 0 radical (unpaired) electrons. The van der Waals surface area contributed by atoms with Crippen LogP contribution in [0.2, 0.25) is 0 Å². The van der Waals surface area contributed by atoms with Crippen molar-refractivity contribution in [1.29, 1.82) is 0 Å². The van der Waals surface area contributed by atoms with E-state index in [2.05, 4.69) is 5.32 Å². The number of carbonyl (C=O) groups is 2. The summed E-state index contributed by atoms with van der Waals surface area (Å²) in [4.78, 5) is 23.0. The predicted octanol–water partition coefficient (Wildman–Crippen LogP) is 3.01. The summed E-state index contributed by atoms with van der Waals surface area (Å²) in [7, 11) is 0. The van der Waals surface area contributed by atoms with Crippen LogP contribution in [0.25, 0.3) is 0 Å². The lowest BCUT2D eigenvalue weighted by Gasteiger charge is -2.07. The van der Waals surface area contributed by atoms with Crippen molar-refractivity contribution in [2.45, 2.75) is 6.92 Å². The summed E-state index contributed by atoms with van der Waals surface area (Å²) in [5.74, 6) is -1.35. The highest BCUT2D eigenvalue weighted by molar-refractivity contribution is 7.08. The molecule has 0 aliphatic heterocycles. The predicted molar refractivity (Wildman–Crippen MR) is 70.4 cm³/mol. The van der Waals surface area contributed by atoms with Gasteiger partial charge in [0.15, 0.2) is 0 Å². The number of thiophene rings is 1. The Bertz CT molecular complexity index is 604. The lowest BCUT2D eigenvalue weighted by Crippen LogP contribution is -2.14. The first kappa shape index (κ1) is 12.3. The molecule has 0 bridgehead atoms. The van der Waals surface area contributed by atoms with Crippen LogP contribution in [0.15, 0.2) is 35.0 Å². The zero-order valence-electron chi connectivity index (χ0n) is 9.64. The Morgan fingerprint density at radius 2 is 1.89 bits per heavy atom. The van der Waals surface area contributed by atoms with Gasteiger partial charge in [-0.25, -0.2) is 4.79 Å². The third-order valence-electron chi connectivity index (χ3n) is 2.51. The molecule has 1 heterocycles. The Hall–Kier alpha value is -2.14. The van der Waals surface area contributed by atoms with E-state index < -0.39 is 5.97 Å². The van der Waals surface area contributed by atoms with Crippen LogP contribution in [0.1, 0.15) is 26.3 Å². The standard InChI is InChI=1S/C13H11NO3S/c1-8-6-18-7-10(8)12(15)14-11-5-3-2-4-9(11)13(16)17/h2-7H,1H3,(H,14,15)(H,16,17). The number of amides is 1. The Morgan fingerprint density at radius 1 is 1.17 bits per heavy atom. The molecule has 1 aromatic carbocycles. The van der Waals surface area contributed by atoms with Gasteiger partial charge in [-0.3, -0.25) is 4.79 Å². The van der Waals surface area contributed by atoms with Gasteiger partial charge in [-0.15, -0.1) is 0 Å². The molecule has 92 valence electrons. The minimum absolute atomic E-state index is 0.0822. The molecule has 0 saturated carbocycles. The maximum Gasteiger partial charge on any atom is 0.337 e. The molecule has 2 aromatic rings. The molecule has 0 spiro atoms. The quantitative estimate of drug-likeness (QED) is 0.892. The van der Waals surface area contributed by atoms with E-state index >= 15 is 0 Å². The molecule has 1 aromatic heterocycles. The second-order valence-corrected chi connectivity index (χ2v) is 4.52. The summed E-state index contributed by atoms with van der Waals surface area (Å²) in [6.07, 6.45) is 0. The summed E-state index contributed by atoms with van der Waals surface area (Å²) in [6, 6.07) is 6.33. The highest BCUT2D eigenvalue weighted by Crippen LogP contribution is 2.19. The first-order chi connectivity index (χ1) is 8.59. The zero-order chi connectivity index (χ0) is 13.1. The van der Waals surface area contributed by atoms with Crippen LogP contribution in [0.5, 0.6) is 0 Å². The maximum absolute atomic E-state index is 12.0. The number of carboxylic acids is 1. The van der Waals surface area contributed by atoms with E-state index in [0.717, 1.165) is 5.56 Å². The second kappa shape index (κ2) is 5.01. The van der Waals surface area contributed by atoms with Gasteiger partial charge in [0, 0.05) is 5.38 Å². The van der Waals surface area contributed by atoms with E-state index in [4.69, 9.17) is 5.11 Å². The number of rotatable bonds is 3. The van der Waals surface area contributed by atoms with Crippen LogP contribution in [0.3, 0.4) is 0 Å². The molecule has 1 amide bonds. The summed E-state index contributed by atoms with van der Waals surface area (Å²) in [5, 5.41) is 15.3. The normalized spacial score (nSPS) is 10.1. The number of carboxylic acid groups (broad SMARTS) is 1. The largest absolute Gasteiger partial charge is 0.478 e. The minimum Gasteiger partial charge on any atom is -0.478 e. The average molecular weight is 261 g/mol. The van der Waals surface area contributed by atoms with Gasteiger partial charge < -0.3 is 10.4 Å². The Labute approximate surface area is 108 Å². The van der Waals surface area contributed by atoms with Crippen LogP contribution in [-0.4, -0.2) is 17.0 Å². The fraction of sp³-hybridized carbons (Fsp3) is 0.0769. The highest BCUT2D eigenvalue weighted by atomic mass is 32.1. The summed E-state index contributed by atoms with van der Waals surface area (Å²) < 4.78 is 0. The first-order valence-corrected chi connectivity index (χ1v) is 6.20. The number of benzene rings is 1. The number of carbonyl (C=O) groups excluding carboxylic acids is 1. The van der Waals surface area contributed by atoms with Crippen molar-refractivity contribution in [2.75, 3.05) is 5.32 Å². The van der Waals surface area contributed by atoms with Crippen molar-refractivity contribution in [1.82, 2.24) is 0 Å². The van der Waals surface area contributed by atoms with Crippen molar-refractivity contribution in [3.63, 3.8) is 0 Å². The summed E-state index contributed by atoms with van der Waals surface area (Å²) in [5.41, 5.74) is 1.84. The van der Waals surface area contributed by atoms with E-state index in [1.807, 2.05) is 12.3 Å². The Morgan fingerprint density at radius 3 is 2.50 bits per heavy atom. The van der Waals surface area contributed by atoms with Gasteiger partial charge in [-0.2, -0.15) is 11.3 Å². The first-order valence-electron chi connectivity index (χ1n) is 5.26. The molecule has 5 heteroatoms. The fourth-order valence-corrected chi connectivity index (χ4v) is 2.39. The molecule has 2 N–H and O–H groups in total. The number of nitrogens with one attached hydrogen (secondary N) is 1. The van der Waals surface area contributed by atoms with Gasteiger partial charge in [0.25, 0.3) is 5.91 Å². The van der Waals surface area contributed by atoms with Crippen LogP contribution >= 0.6 is 11.3 Å². The van der Waals surface area contributed by atoms with E-state index in [1.54, 1.807) is 23.6 Å². The van der Waals surface area contributed by atoms with Gasteiger partial charge in [0.05, 0.1) is 16.8 Å². The topological polar surface area (TPSA) is 66.4 Å². The molecule has 0 atom stereocenters. The Kier molecular flexibility index (Phi) is 3.43. The molecule has 0 unspecified atom stereocenters. The number of aryl methyl sites for hydroxylation is 1. The lowest BCUT2D eigenvalue weighted by molar-refractivity contribution is 0.0698. The number of para-hydroxylation sites is 1. The zero-order valence-corrected chi connectivity index (χ0v) is 10.5. The molecule has 0 aliphatic rings. The van der Waals surface area contributed by atoms with Gasteiger partial charge in [0.2, 0.25) is 0 Å². The molecule has 0 fully saturated rings. The molecule has 0 saturated heterocycles. The van der Waals surface area contributed by atoms with Crippen LogP contribution in [0, 0.1) is 6.92 Å². The average Bonchev–Trinajstić information content (AvgIpc) is 2.76. The highest BCUT2D eigenvalue weighted by Gasteiger charge is 2.14. The summed E-state index contributed by atoms with van der Waals surface area (Å²) >= 11 is 1.44. The SMILES string of the molecule is Cc1cscc1C(=O)Nc1ccccc1C(=O)O. The third kappa shape index (κ3) is 2.41. The van der Waals surface area contributed by atoms with Crippen LogP contribution < -0.4 is 5.32 Å². The van der Waals surface area contributed by atoms with E-state index in [0.29, 0.717) is 11.3 Å². The number of hydrogen-bond donors (Lipinski definition) is 2. The summed E-state index contributed by atoms with van der Waals surface area (Å²) in [6.45, 7) is 1.84. The molecular formula is C13H11NO3S. The molecule has 0 aliphatic carbocycles. The van der Waals surface area contributed by atoms with E-state index in [-0.39, 0.29) is 11.5 Å². The second-order valence-electron chi connectivity index (χ2n) is 3.77. The monoisotopic (exact) mass is 261 g/mol. The Balaban J connectivity index is 2.28. The smallest absolute Gasteiger partial charge is 0.337 e. The van der Waals surface area contributed by atoms with Crippen LogP contribution in [0.4, 0.5) is 5.69 Å². The lowest BCUT2D eigenvalue weighted by atomic mass is 10.1. The minimum atomic E-state index is -1.06. The molecule has 2 rings (SSSR count). The van der Waals surface area contributed by atoms with Crippen molar-refractivity contribution < 1.29 is 14.7 Å². The van der Waals surface area contributed by atoms with Gasteiger partial charge in [-0.05, 0) is 30.0 Å². The van der Waals surface area contributed by atoms with Crippen molar-refractivity contribution >= 4 is 28.9 Å². The van der Waals surface area contributed by atoms with Crippen molar-refractivity contribution in [3.8, 4) is 0 Å². The van der Waals surface area contributed by atoms with Crippen LogP contribution in [-0.2, 0) is 0 Å². The fourth-order valence-electron chi connectivity index (χ4n) is 1.56. The van der Waals surface area contributed by atoms with E-state index in [1.165, 1.54) is 17.4 Å². The third-order valence-corrected chi connectivity index (χ3v) is 3.37.